The monoisotopic (exact) mass is 163 g/mol. The molecular weight excluding hydrogens is 158 g/mol. The smallest absolute Gasteiger partial charge is 0.168 e. The molecule has 0 saturated carbocycles. The quantitative estimate of drug-likeness (QED) is 0.581. The standard InChI is InChI=1S/C4H6BrNO/c1-3(7)4(5)2-6/h2H,6H2,1H3/b4-2-. The van der Waals surface area contributed by atoms with E-state index in [1.807, 2.05) is 0 Å². The van der Waals surface area contributed by atoms with Gasteiger partial charge < -0.3 is 5.73 Å². The van der Waals surface area contributed by atoms with Crippen LogP contribution in [0.4, 0.5) is 0 Å². The number of halogens is 1. The van der Waals surface area contributed by atoms with Crippen molar-refractivity contribution in [1.29, 1.82) is 0 Å². The zero-order chi connectivity index (χ0) is 5.86. The van der Waals surface area contributed by atoms with Gasteiger partial charge in [-0.15, -0.1) is 0 Å². The molecule has 0 heterocycles. The van der Waals surface area contributed by atoms with Gasteiger partial charge in [-0.1, -0.05) is 0 Å². The summed E-state index contributed by atoms with van der Waals surface area (Å²) < 4.78 is 0.424. The zero-order valence-electron chi connectivity index (χ0n) is 3.94. The summed E-state index contributed by atoms with van der Waals surface area (Å²) in [6, 6.07) is 0. The van der Waals surface area contributed by atoms with Gasteiger partial charge in [0.15, 0.2) is 5.78 Å². The number of rotatable bonds is 1. The lowest BCUT2D eigenvalue weighted by Crippen LogP contribution is -1.91. The molecule has 0 unspecified atom stereocenters. The van der Waals surface area contributed by atoms with Gasteiger partial charge in [-0.2, -0.15) is 0 Å². The van der Waals surface area contributed by atoms with Gasteiger partial charge in [0, 0.05) is 6.20 Å². The van der Waals surface area contributed by atoms with Gasteiger partial charge in [-0.25, -0.2) is 0 Å². The maximum absolute atomic E-state index is 10.2. The van der Waals surface area contributed by atoms with Crippen LogP contribution in [0.25, 0.3) is 0 Å². The first-order valence-electron chi connectivity index (χ1n) is 1.77. The van der Waals surface area contributed by atoms with E-state index in [0.717, 1.165) is 0 Å². The third-order valence-electron chi connectivity index (χ3n) is 0.483. The molecule has 0 aromatic carbocycles. The number of carbonyl (C=O) groups is 1. The Morgan fingerprint density at radius 2 is 2.29 bits per heavy atom. The Morgan fingerprint density at radius 1 is 1.86 bits per heavy atom. The van der Waals surface area contributed by atoms with Gasteiger partial charge in [0.1, 0.15) is 0 Å². The normalized spacial score (nSPS) is 11.4. The number of allylic oxidation sites excluding steroid dienone is 1. The first-order valence-corrected chi connectivity index (χ1v) is 2.56. The second kappa shape index (κ2) is 2.80. The van der Waals surface area contributed by atoms with Gasteiger partial charge >= 0.3 is 0 Å². The third kappa shape index (κ3) is 2.39. The topological polar surface area (TPSA) is 43.1 Å². The van der Waals surface area contributed by atoms with Crippen LogP contribution in [-0.2, 0) is 4.79 Å². The van der Waals surface area contributed by atoms with Gasteiger partial charge in [0.2, 0.25) is 0 Å². The van der Waals surface area contributed by atoms with Gasteiger partial charge in [-0.3, -0.25) is 4.79 Å². The summed E-state index contributed by atoms with van der Waals surface area (Å²) >= 11 is 2.93. The molecule has 2 N–H and O–H groups in total. The van der Waals surface area contributed by atoms with Crippen LogP contribution in [0.15, 0.2) is 10.7 Å². The van der Waals surface area contributed by atoms with Crippen molar-refractivity contribution in [2.24, 2.45) is 5.73 Å². The van der Waals surface area contributed by atoms with Crippen molar-refractivity contribution in [2.45, 2.75) is 6.92 Å². The van der Waals surface area contributed by atoms with Crippen LogP contribution in [0, 0.1) is 0 Å². The second-order valence-corrected chi connectivity index (χ2v) is 1.93. The molecule has 0 aromatic rings. The van der Waals surface area contributed by atoms with E-state index in [9.17, 15) is 4.79 Å². The van der Waals surface area contributed by atoms with Crippen molar-refractivity contribution in [3.8, 4) is 0 Å². The third-order valence-corrected chi connectivity index (χ3v) is 1.31. The number of hydrogen-bond acceptors (Lipinski definition) is 2. The molecule has 0 radical (unpaired) electrons. The van der Waals surface area contributed by atoms with E-state index >= 15 is 0 Å². The van der Waals surface area contributed by atoms with Gasteiger partial charge in [0.25, 0.3) is 0 Å². The molecule has 0 atom stereocenters. The van der Waals surface area contributed by atoms with Crippen LogP contribution in [0.1, 0.15) is 6.92 Å². The number of nitrogens with two attached hydrogens (primary N) is 1. The van der Waals surface area contributed by atoms with E-state index in [1.165, 1.54) is 13.1 Å². The zero-order valence-corrected chi connectivity index (χ0v) is 5.53. The van der Waals surface area contributed by atoms with Crippen LogP contribution < -0.4 is 5.73 Å². The van der Waals surface area contributed by atoms with Crippen LogP contribution in [-0.4, -0.2) is 5.78 Å². The average Bonchev–Trinajstić information content (AvgIpc) is 1.65. The molecule has 40 valence electrons. The Kier molecular flexibility index (Phi) is 2.67. The van der Waals surface area contributed by atoms with E-state index in [-0.39, 0.29) is 5.78 Å². The Bertz CT molecular complexity index is 108. The molecule has 0 spiro atoms. The maximum atomic E-state index is 10.2. The largest absolute Gasteiger partial charge is 0.404 e. The molecule has 0 aliphatic rings. The molecule has 0 aromatic heterocycles. The summed E-state index contributed by atoms with van der Waals surface area (Å²) in [6.07, 6.45) is 1.22. The van der Waals surface area contributed by atoms with Crippen molar-refractivity contribution in [2.75, 3.05) is 0 Å². The lowest BCUT2D eigenvalue weighted by atomic mass is 10.4. The summed E-state index contributed by atoms with van der Waals surface area (Å²) in [4.78, 5) is 10.2. The average molecular weight is 164 g/mol. The Morgan fingerprint density at radius 3 is 2.29 bits per heavy atom. The van der Waals surface area contributed by atoms with Crippen molar-refractivity contribution in [3.05, 3.63) is 10.7 Å². The molecule has 0 rings (SSSR count). The molecule has 0 aliphatic carbocycles. The number of Topliss-reactive ketones (excluding diaryl/α,β-unsaturated/α-hetero) is 1. The Balaban J connectivity index is 3.82. The Labute approximate surface area is 50.5 Å². The fraction of sp³-hybridized carbons (Fsp3) is 0.250. The van der Waals surface area contributed by atoms with Crippen LogP contribution >= 0.6 is 15.9 Å². The van der Waals surface area contributed by atoms with E-state index in [2.05, 4.69) is 15.9 Å². The van der Waals surface area contributed by atoms with Crippen molar-refractivity contribution in [1.82, 2.24) is 0 Å². The van der Waals surface area contributed by atoms with Crippen molar-refractivity contribution < 1.29 is 4.79 Å². The molecule has 0 saturated heterocycles. The first-order chi connectivity index (χ1) is 3.18. The second-order valence-electron chi connectivity index (χ2n) is 1.07. The minimum Gasteiger partial charge on any atom is -0.404 e. The summed E-state index contributed by atoms with van der Waals surface area (Å²) in [7, 11) is 0. The lowest BCUT2D eigenvalue weighted by molar-refractivity contribution is -0.112. The predicted molar refractivity (Wildman–Crippen MR) is 31.9 cm³/mol. The molecule has 3 heteroatoms. The first kappa shape index (κ1) is 6.69. The number of ketones is 1. The molecule has 0 bridgehead atoms. The maximum Gasteiger partial charge on any atom is 0.168 e. The summed E-state index contributed by atoms with van der Waals surface area (Å²) in [5.74, 6) is -0.0532. The van der Waals surface area contributed by atoms with Gasteiger partial charge in [0.05, 0.1) is 4.48 Å². The Hall–Kier alpha value is -0.310. The summed E-state index contributed by atoms with van der Waals surface area (Å²) in [6.45, 7) is 1.44. The van der Waals surface area contributed by atoms with E-state index < -0.39 is 0 Å². The summed E-state index contributed by atoms with van der Waals surface area (Å²) in [5.41, 5.74) is 4.94. The van der Waals surface area contributed by atoms with Crippen LogP contribution in [0.2, 0.25) is 0 Å². The number of hydrogen-bond donors (Lipinski definition) is 1. The molecule has 0 amide bonds. The highest BCUT2D eigenvalue weighted by atomic mass is 79.9. The minimum absolute atomic E-state index is 0.0532. The fourth-order valence-electron chi connectivity index (χ4n) is 0.117. The van der Waals surface area contributed by atoms with Gasteiger partial charge in [-0.05, 0) is 22.9 Å². The van der Waals surface area contributed by atoms with E-state index in [4.69, 9.17) is 5.73 Å². The molecule has 7 heavy (non-hydrogen) atoms. The highest BCUT2D eigenvalue weighted by molar-refractivity contribution is 9.12. The van der Waals surface area contributed by atoms with Crippen LogP contribution in [0.3, 0.4) is 0 Å². The molecular formula is C4H6BrNO. The lowest BCUT2D eigenvalue weighted by Gasteiger charge is -1.82. The van der Waals surface area contributed by atoms with E-state index in [0.29, 0.717) is 4.48 Å². The van der Waals surface area contributed by atoms with E-state index in [1.54, 1.807) is 0 Å². The number of carbonyl (C=O) groups excluding carboxylic acids is 1. The predicted octanol–water partition coefficient (Wildman–Crippen LogP) is 0.770. The van der Waals surface area contributed by atoms with Crippen molar-refractivity contribution in [3.63, 3.8) is 0 Å². The summed E-state index contributed by atoms with van der Waals surface area (Å²) in [5, 5.41) is 0. The fourth-order valence-corrected chi connectivity index (χ4v) is 0.117. The SMILES string of the molecule is CC(=O)/C(Br)=C/N. The molecule has 2 nitrogen and oxygen atoms in total. The highest BCUT2D eigenvalue weighted by Crippen LogP contribution is 2.01. The minimum atomic E-state index is -0.0532. The molecule has 0 fully saturated rings. The molecule has 0 aliphatic heterocycles. The van der Waals surface area contributed by atoms with Crippen LogP contribution in [0.5, 0.6) is 0 Å². The highest BCUT2D eigenvalue weighted by Gasteiger charge is 1.92. The van der Waals surface area contributed by atoms with Crippen molar-refractivity contribution >= 4 is 21.7 Å².